The lowest BCUT2D eigenvalue weighted by atomic mass is 10.1. The van der Waals surface area contributed by atoms with Crippen molar-refractivity contribution in [3.8, 4) is 5.75 Å². The zero-order chi connectivity index (χ0) is 20.4. The van der Waals surface area contributed by atoms with E-state index in [1.54, 1.807) is 6.07 Å². The van der Waals surface area contributed by atoms with Crippen molar-refractivity contribution in [2.45, 2.75) is 32.1 Å². The summed E-state index contributed by atoms with van der Waals surface area (Å²) < 4.78 is 5.42. The zero-order valence-electron chi connectivity index (χ0n) is 16.2. The van der Waals surface area contributed by atoms with Gasteiger partial charge >= 0.3 is 11.9 Å². The molecule has 0 bridgehead atoms. The zero-order valence-corrected chi connectivity index (χ0v) is 16.2. The van der Waals surface area contributed by atoms with Gasteiger partial charge in [-0.1, -0.05) is 12.2 Å². The maximum atomic E-state index is 12.0. The van der Waals surface area contributed by atoms with Crippen LogP contribution >= 0.6 is 0 Å². The second kappa shape index (κ2) is 11.1. The van der Waals surface area contributed by atoms with Crippen LogP contribution in [0.1, 0.15) is 31.2 Å². The highest BCUT2D eigenvalue weighted by Gasteiger charge is 2.10. The van der Waals surface area contributed by atoms with Gasteiger partial charge in [-0.25, -0.2) is 0 Å². The van der Waals surface area contributed by atoms with E-state index in [2.05, 4.69) is 23.0 Å². The van der Waals surface area contributed by atoms with Gasteiger partial charge in [-0.15, -0.1) is 13.2 Å². The number of carboxylic acid groups (broad SMARTS) is 1. The highest BCUT2D eigenvalue weighted by Crippen LogP contribution is 2.25. The van der Waals surface area contributed by atoms with Gasteiger partial charge in [-0.2, -0.15) is 0 Å². The van der Waals surface area contributed by atoms with Gasteiger partial charge in [-0.3, -0.25) is 14.5 Å². The van der Waals surface area contributed by atoms with Gasteiger partial charge in [0.25, 0.3) is 0 Å². The SMILES string of the molecule is C=CCN(CC=C)CCc1c[nH]c2ccc(OC(=O)CCCCC(=O)O)cc12. The molecule has 0 aliphatic carbocycles. The first-order valence-corrected chi connectivity index (χ1v) is 9.50. The third-order valence-electron chi connectivity index (χ3n) is 4.46. The molecule has 1 heterocycles. The first-order chi connectivity index (χ1) is 13.5. The number of aromatic amines is 1. The fourth-order valence-electron chi connectivity index (χ4n) is 3.06. The number of fused-ring (bicyclic) bond motifs is 1. The fourth-order valence-corrected chi connectivity index (χ4v) is 3.06. The van der Waals surface area contributed by atoms with Gasteiger partial charge in [0.1, 0.15) is 5.75 Å². The number of unbranched alkanes of at least 4 members (excludes halogenated alkanes) is 1. The number of esters is 1. The average molecular weight is 384 g/mol. The number of carbonyl (C=O) groups is 2. The minimum atomic E-state index is -0.849. The summed E-state index contributed by atoms with van der Waals surface area (Å²) in [6.07, 6.45) is 7.86. The Morgan fingerprint density at radius 1 is 1.14 bits per heavy atom. The van der Waals surface area contributed by atoms with Crippen molar-refractivity contribution in [1.29, 1.82) is 0 Å². The summed E-state index contributed by atoms with van der Waals surface area (Å²) in [6, 6.07) is 5.54. The third-order valence-corrected chi connectivity index (χ3v) is 4.46. The second-order valence-electron chi connectivity index (χ2n) is 6.68. The molecule has 0 fully saturated rings. The molecule has 0 saturated heterocycles. The molecule has 0 aliphatic heterocycles. The highest BCUT2D eigenvalue weighted by molar-refractivity contribution is 5.85. The number of rotatable bonds is 13. The van der Waals surface area contributed by atoms with Crippen molar-refractivity contribution in [2.75, 3.05) is 19.6 Å². The van der Waals surface area contributed by atoms with E-state index in [0.717, 1.165) is 42.5 Å². The highest BCUT2D eigenvalue weighted by atomic mass is 16.5. The molecular weight excluding hydrogens is 356 g/mol. The third kappa shape index (κ3) is 6.70. The summed E-state index contributed by atoms with van der Waals surface area (Å²) in [5, 5.41) is 9.66. The van der Waals surface area contributed by atoms with E-state index >= 15 is 0 Å². The van der Waals surface area contributed by atoms with Crippen LogP contribution in [0.15, 0.2) is 49.7 Å². The molecule has 0 radical (unpaired) electrons. The molecular formula is C22H28N2O4. The number of aliphatic carboxylic acids is 1. The van der Waals surface area contributed by atoms with Crippen LogP contribution in [-0.2, 0) is 16.0 Å². The van der Waals surface area contributed by atoms with Crippen LogP contribution in [0.2, 0.25) is 0 Å². The van der Waals surface area contributed by atoms with E-state index in [0.29, 0.717) is 18.6 Å². The minimum absolute atomic E-state index is 0.0701. The number of hydrogen-bond acceptors (Lipinski definition) is 4. The van der Waals surface area contributed by atoms with Crippen LogP contribution in [-0.4, -0.2) is 46.6 Å². The van der Waals surface area contributed by atoms with Crippen molar-refractivity contribution in [3.05, 3.63) is 55.3 Å². The van der Waals surface area contributed by atoms with Gasteiger partial charge in [0.15, 0.2) is 0 Å². The Morgan fingerprint density at radius 3 is 2.54 bits per heavy atom. The lowest BCUT2D eigenvalue weighted by Gasteiger charge is -2.18. The normalized spacial score (nSPS) is 10.9. The quantitative estimate of drug-likeness (QED) is 0.237. The topological polar surface area (TPSA) is 82.6 Å². The van der Waals surface area contributed by atoms with Gasteiger partial charge in [0.2, 0.25) is 0 Å². The minimum Gasteiger partial charge on any atom is -0.481 e. The van der Waals surface area contributed by atoms with Crippen LogP contribution in [0.3, 0.4) is 0 Å². The van der Waals surface area contributed by atoms with Crippen LogP contribution in [0.4, 0.5) is 0 Å². The van der Waals surface area contributed by atoms with Crippen molar-refractivity contribution >= 4 is 22.8 Å². The van der Waals surface area contributed by atoms with E-state index in [9.17, 15) is 9.59 Å². The molecule has 150 valence electrons. The van der Waals surface area contributed by atoms with E-state index in [4.69, 9.17) is 9.84 Å². The molecule has 0 amide bonds. The Morgan fingerprint density at radius 2 is 1.86 bits per heavy atom. The number of nitrogens with one attached hydrogen (secondary N) is 1. The smallest absolute Gasteiger partial charge is 0.311 e. The monoisotopic (exact) mass is 384 g/mol. The van der Waals surface area contributed by atoms with E-state index in [-0.39, 0.29) is 18.8 Å². The molecule has 1 aromatic heterocycles. The van der Waals surface area contributed by atoms with Crippen LogP contribution in [0, 0.1) is 0 Å². The van der Waals surface area contributed by atoms with Crippen LogP contribution in [0.25, 0.3) is 10.9 Å². The lowest BCUT2D eigenvalue weighted by molar-refractivity contribution is -0.138. The number of benzene rings is 1. The van der Waals surface area contributed by atoms with E-state index in [1.807, 2.05) is 30.5 Å². The van der Waals surface area contributed by atoms with Gasteiger partial charge in [-0.05, 0) is 43.0 Å². The second-order valence-corrected chi connectivity index (χ2v) is 6.68. The lowest BCUT2D eigenvalue weighted by Crippen LogP contribution is -2.26. The van der Waals surface area contributed by atoms with Crippen molar-refractivity contribution < 1.29 is 19.4 Å². The summed E-state index contributed by atoms with van der Waals surface area (Å²) >= 11 is 0. The van der Waals surface area contributed by atoms with Crippen LogP contribution < -0.4 is 4.74 Å². The first-order valence-electron chi connectivity index (χ1n) is 9.50. The van der Waals surface area contributed by atoms with Gasteiger partial charge in [0.05, 0.1) is 0 Å². The number of H-pyrrole nitrogens is 1. The van der Waals surface area contributed by atoms with Crippen molar-refractivity contribution in [1.82, 2.24) is 9.88 Å². The summed E-state index contributed by atoms with van der Waals surface area (Å²) in [5.74, 6) is -0.686. The van der Waals surface area contributed by atoms with Crippen molar-refractivity contribution in [3.63, 3.8) is 0 Å². The maximum absolute atomic E-state index is 12.0. The molecule has 1 aromatic carbocycles. The molecule has 2 rings (SSSR count). The number of nitrogens with zero attached hydrogens (tertiary/aromatic N) is 1. The van der Waals surface area contributed by atoms with Gasteiger partial charge < -0.3 is 14.8 Å². The number of ether oxygens (including phenoxy) is 1. The standard InChI is InChI=1S/C22H28N2O4/c1-3-12-24(13-4-2)14-11-17-16-23-20-10-9-18(15-19(17)20)28-22(27)8-6-5-7-21(25)26/h3-4,9-10,15-16,23H,1-2,5-8,11-14H2,(H,25,26). The number of aromatic nitrogens is 1. The van der Waals surface area contributed by atoms with Gasteiger partial charge in [0, 0.05) is 49.6 Å². The molecule has 2 N–H and O–H groups in total. The van der Waals surface area contributed by atoms with E-state index < -0.39 is 5.97 Å². The van der Waals surface area contributed by atoms with Crippen molar-refractivity contribution in [2.24, 2.45) is 0 Å². The summed E-state index contributed by atoms with van der Waals surface area (Å²) in [7, 11) is 0. The number of carbonyl (C=O) groups excluding carboxylic acids is 1. The fraction of sp³-hybridized carbons (Fsp3) is 0.364. The first kappa shape index (κ1) is 21.4. The predicted octanol–water partition coefficient (Wildman–Crippen LogP) is 3.93. The molecule has 0 aliphatic rings. The summed E-state index contributed by atoms with van der Waals surface area (Å²) in [6.45, 7) is 10.1. The molecule has 0 spiro atoms. The largest absolute Gasteiger partial charge is 0.481 e. The molecule has 6 nitrogen and oxygen atoms in total. The predicted molar refractivity (Wildman–Crippen MR) is 111 cm³/mol. The Balaban J connectivity index is 1.97. The molecule has 2 aromatic rings. The summed E-state index contributed by atoms with van der Waals surface area (Å²) in [4.78, 5) is 28.0. The average Bonchev–Trinajstić information content (AvgIpc) is 3.06. The molecule has 0 atom stereocenters. The molecule has 28 heavy (non-hydrogen) atoms. The number of carboxylic acids is 1. The molecule has 6 heteroatoms. The Kier molecular flexibility index (Phi) is 8.49. The molecule has 0 saturated carbocycles. The van der Waals surface area contributed by atoms with E-state index in [1.165, 1.54) is 0 Å². The van der Waals surface area contributed by atoms with Crippen LogP contribution in [0.5, 0.6) is 5.75 Å². The summed E-state index contributed by atoms with van der Waals surface area (Å²) in [5.41, 5.74) is 2.16. The Bertz CT molecular complexity index is 815. The molecule has 0 unspecified atom stereocenters. The Labute approximate surface area is 165 Å². The maximum Gasteiger partial charge on any atom is 0.311 e. The number of hydrogen-bond donors (Lipinski definition) is 2. The Hall–Kier alpha value is -2.86.